The van der Waals surface area contributed by atoms with Crippen LogP contribution in [0.15, 0.2) is 30.5 Å². The van der Waals surface area contributed by atoms with Gasteiger partial charge in [-0.2, -0.15) is 0 Å². The summed E-state index contributed by atoms with van der Waals surface area (Å²) in [6.45, 7) is -0.159. The zero-order valence-corrected chi connectivity index (χ0v) is 11.2. The minimum absolute atomic E-state index is 0.159. The Balaban J connectivity index is 2.08. The number of carbonyl (C=O) groups is 3. The lowest BCUT2D eigenvalue weighted by Crippen LogP contribution is -2.39. The molecule has 6 heteroatoms. The fourth-order valence-corrected chi connectivity index (χ4v) is 2.82. The quantitative estimate of drug-likeness (QED) is 0.831. The number of carboxylic acid groups (broad SMARTS) is 1. The molecule has 1 unspecified atom stereocenters. The molecule has 1 aliphatic heterocycles. The van der Waals surface area contributed by atoms with Crippen LogP contribution in [-0.4, -0.2) is 27.5 Å². The van der Waals surface area contributed by atoms with E-state index in [9.17, 15) is 14.4 Å². The van der Waals surface area contributed by atoms with Crippen LogP contribution in [0.25, 0.3) is 10.9 Å². The zero-order chi connectivity index (χ0) is 15.0. The van der Waals surface area contributed by atoms with Gasteiger partial charge in [-0.3, -0.25) is 19.7 Å². The lowest BCUT2D eigenvalue weighted by molar-refractivity contribution is -0.137. The van der Waals surface area contributed by atoms with Gasteiger partial charge in [0, 0.05) is 23.5 Å². The van der Waals surface area contributed by atoms with Gasteiger partial charge in [0.15, 0.2) is 0 Å². The molecule has 2 aromatic rings. The summed E-state index contributed by atoms with van der Waals surface area (Å²) in [5, 5.41) is 12.2. The molecule has 1 atom stereocenters. The van der Waals surface area contributed by atoms with E-state index in [4.69, 9.17) is 5.11 Å². The molecule has 1 saturated heterocycles. The Hall–Kier alpha value is -2.63. The first kappa shape index (κ1) is 13.4. The summed E-state index contributed by atoms with van der Waals surface area (Å²) in [5.41, 5.74) is 1.55. The van der Waals surface area contributed by atoms with Crippen molar-refractivity contribution < 1.29 is 19.5 Å². The summed E-state index contributed by atoms with van der Waals surface area (Å²) in [6, 6.07) is 7.37. The number of para-hydroxylation sites is 1. The van der Waals surface area contributed by atoms with Gasteiger partial charge in [0.05, 0.1) is 5.92 Å². The van der Waals surface area contributed by atoms with Gasteiger partial charge in [-0.1, -0.05) is 18.2 Å². The second-order valence-electron chi connectivity index (χ2n) is 5.13. The Morgan fingerprint density at radius 2 is 2.10 bits per heavy atom. The van der Waals surface area contributed by atoms with Crippen molar-refractivity contribution in [3.05, 3.63) is 36.0 Å². The van der Waals surface area contributed by atoms with Crippen molar-refractivity contribution >= 4 is 28.7 Å². The van der Waals surface area contributed by atoms with Crippen molar-refractivity contribution in [1.82, 2.24) is 9.88 Å². The number of hydrogen-bond donors (Lipinski definition) is 2. The SMILES string of the molecule is O=C(O)Cn1cc(C2CCC(=O)NC2=O)c2ccccc21. The van der Waals surface area contributed by atoms with E-state index in [1.54, 1.807) is 10.8 Å². The molecule has 0 saturated carbocycles. The molecule has 1 fully saturated rings. The highest BCUT2D eigenvalue weighted by Gasteiger charge is 2.30. The van der Waals surface area contributed by atoms with Crippen LogP contribution in [0, 0.1) is 0 Å². The first-order chi connectivity index (χ1) is 10.1. The molecule has 1 aromatic carbocycles. The largest absolute Gasteiger partial charge is 0.480 e. The molecular weight excluding hydrogens is 272 g/mol. The van der Waals surface area contributed by atoms with E-state index in [0.29, 0.717) is 12.8 Å². The topological polar surface area (TPSA) is 88.4 Å². The van der Waals surface area contributed by atoms with Gasteiger partial charge in [-0.15, -0.1) is 0 Å². The van der Waals surface area contributed by atoms with Crippen LogP contribution in [0.3, 0.4) is 0 Å². The molecule has 108 valence electrons. The highest BCUT2D eigenvalue weighted by molar-refractivity contribution is 6.03. The smallest absolute Gasteiger partial charge is 0.323 e. The number of nitrogens with zero attached hydrogens (tertiary/aromatic N) is 1. The third-order valence-electron chi connectivity index (χ3n) is 3.74. The van der Waals surface area contributed by atoms with Crippen molar-refractivity contribution in [2.45, 2.75) is 25.3 Å². The van der Waals surface area contributed by atoms with Crippen LogP contribution in [0.2, 0.25) is 0 Å². The molecule has 0 aliphatic carbocycles. The van der Waals surface area contributed by atoms with Gasteiger partial charge in [-0.25, -0.2) is 0 Å². The summed E-state index contributed by atoms with van der Waals surface area (Å²) < 4.78 is 1.62. The van der Waals surface area contributed by atoms with E-state index in [1.165, 1.54) is 0 Å². The number of hydrogen-bond acceptors (Lipinski definition) is 3. The predicted octanol–water partition coefficient (Wildman–Crippen LogP) is 1.25. The number of fused-ring (bicyclic) bond motifs is 1. The number of imide groups is 1. The van der Waals surface area contributed by atoms with Gasteiger partial charge < -0.3 is 9.67 Å². The molecule has 2 N–H and O–H groups in total. The summed E-state index contributed by atoms with van der Waals surface area (Å²) in [5.74, 6) is -1.93. The fraction of sp³-hybridized carbons (Fsp3) is 0.267. The van der Waals surface area contributed by atoms with E-state index in [1.807, 2.05) is 24.3 Å². The Kier molecular flexibility index (Phi) is 3.21. The Labute approximate surface area is 120 Å². The van der Waals surface area contributed by atoms with E-state index in [2.05, 4.69) is 5.32 Å². The number of benzene rings is 1. The minimum Gasteiger partial charge on any atom is -0.480 e. The first-order valence-electron chi connectivity index (χ1n) is 6.69. The molecule has 0 radical (unpaired) electrons. The first-order valence-corrected chi connectivity index (χ1v) is 6.69. The summed E-state index contributed by atoms with van der Waals surface area (Å²) >= 11 is 0. The van der Waals surface area contributed by atoms with Gasteiger partial charge in [0.2, 0.25) is 11.8 Å². The third kappa shape index (κ3) is 2.40. The van der Waals surface area contributed by atoms with Crippen LogP contribution in [-0.2, 0) is 20.9 Å². The van der Waals surface area contributed by atoms with E-state index in [-0.39, 0.29) is 18.4 Å². The lowest BCUT2D eigenvalue weighted by Gasteiger charge is -2.20. The average molecular weight is 286 g/mol. The van der Waals surface area contributed by atoms with Gasteiger partial charge >= 0.3 is 5.97 Å². The molecule has 2 amide bonds. The van der Waals surface area contributed by atoms with Crippen LogP contribution < -0.4 is 5.32 Å². The Morgan fingerprint density at radius 3 is 2.81 bits per heavy atom. The normalized spacial score (nSPS) is 18.8. The van der Waals surface area contributed by atoms with Gasteiger partial charge in [-0.05, 0) is 18.1 Å². The number of carbonyl (C=O) groups excluding carboxylic acids is 2. The average Bonchev–Trinajstić information content (AvgIpc) is 2.77. The highest BCUT2D eigenvalue weighted by Crippen LogP contribution is 2.32. The van der Waals surface area contributed by atoms with E-state index in [0.717, 1.165) is 16.5 Å². The predicted molar refractivity (Wildman–Crippen MR) is 74.7 cm³/mol. The molecule has 3 rings (SSSR count). The van der Waals surface area contributed by atoms with Crippen LogP contribution in [0.1, 0.15) is 24.3 Å². The van der Waals surface area contributed by atoms with E-state index < -0.39 is 11.9 Å². The number of nitrogens with one attached hydrogen (secondary N) is 1. The second-order valence-corrected chi connectivity index (χ2v) is 5.13. The number of carboxylic acids is 1. The molecule has 0 spiro atoms. The fourth-order valence-electron chi connectivity index (χ4n) is 2.82. The maximum atomic E-state index is 12.0. The third-order valence-corrected chi connectivity index (χ3v) is 3.74. The van der Waals surface area contributed by atoms with Crippen molar-refractivity contribution in [3.63, 3.8) is 0 Å². The Bertz CT molecular complexity index is 747. The van der Waals surface area contributed by atoms with Crippen LogP contribution in [0.5, 0.6) is 0 Å². The highest BCUT2D eigenvalue weighted by atomic mass is 16.4. The summed E-state index contributed by atoms with van der Waals surface area (Å²) in [7, 11) is 0. The molecule has 1 aromatic heterocycles. The minimum atomic E-state index is -0.939. The maximum absolute atomic E-state index is 12.0. The zero-order valence-electron chi connectivity index (χ0n) is 11.2. The molecule has 2 heterocycles. The van der Waals surface area contributed by atoms with Crippen molar-refractivity contribution in [3.8, 4) is 0 Å². The van der Waals surface area contributed by atoms with E-state index >= 15 is 0 Å². The number of aliphatic carboxylic acids is 1. The van der Waals surface area contributed by atoms with Crippen molar-refractivity contribution in [2.24, 2.45) is 0 Å². The number of amides is 2. The van der Waals surface area contributed by atoms with Crippen molar-refractivity contribution in [2.75, 3.05) is 0 Å². The molecular formula is C15H14N2O4. The maximum Gasteiger partial charge on any atom is 0.323 e. The van der Waals surface area contributed by atoms with Crippen molar-refractivity contribution in [1.29, 1.82) is 0 Å². The number of piperidine rings is 1. The molecule has 21 heavy (non-hydrogen) atoms. The number of aromatic nitrogens is 1. The summed E-state index contributed by atoms with van der Waals surface area (Å²) in [4.78, 5) is 34.2. The standard InChI is InChI=1S/C15H14N2O4/c18-13-6-5-10(15(21)16-13)11-7-17(8-14(19)20)12-4-2-1-3-9(11)12/h1-4,7,10H,5-6,8H2,(H,19,20)(H,16,18,21). The van der Waals surface area contributed by atoms with Crippen LogP contribution in [0.4, 0.5) is 0 Å². The monoisotopic (exact) mass is 286 g/mol. The van der Waals surface area contributed by atoms with Gasteiger partial charge in [0.25, 0.3) is 0 Å². The second kappa shape index (κ2) is 5.05. The molecule has 6 nitrogen and oxygen atoms in total. The summed E-state index contributed by atoms with van der Waals surface area (Å²) in [6.07, 6.45) is 2.46. The van der Waals surface area contributed by atoms with Crippen LogP contribution >= 0.6 is 0 Å². The lowest BCUT2D eigenvalue weighted by atomic mass is 9.90. The molecule has 1 aliphatic rings. The molecule has 0 bridgehead atoms. The van der Waals surface area contributed by atoms with Gasteiger partial charge in [0.1, 0.15) is 6.54 Å². The number of rotatable bonds is 3. The Morgan fingerprint density at radius 1 is 1.33 bits per heavy atom.